The van der Waals surface area contributed by atoms with E-state index in [0.717, 1.165) is 11.9 Å². The van der Waals surface area contributed by atoms with Crippen molar-refractivity contribution in [1.29, 1.82) is 0 Å². The van der Waals surface area contributed by atoms with Gasteiger partial charge in [0.25, 0.3) is 0 Å². The molecule has 0 fully saturated rings. The molecule has 0 saturated carbocycles. The number of halogens is 1. The van der Waals surface area contributed by atoms with Crippen molar-refractivity contribution in [2.24, 2.45) is 0 Å². The fraction of sp³-hybridized carbons (Fsp3) is 0.250. The van der Waals surface area contributed by atoms with Gasteiger partial charge in [0, 0.05) is 13.2 Å². The first-order valence-electron chi connectivity index (χ1n) is 5.58. The van der Waals surface area contributed by atoms with Crippen LogP contribution in [0.25, 0.3) is 0 Å². The molecule has 2 N–H and O–H groups in total. The molecule has 2 rings (SSSR count). The molecule has 0 amide bonds. The minimum absolute atomic E-state index is 0.139. The first kappa shape index (κ1) is 12.2. The monoisotopic (exact) mass is 247 g/mol. The Morgan fingerprint density at radius 2 is 2.11 bits per heavy atom. The van der Waals surface area contributed by atoms with Crippen LogP contribution < -0.4 is 10.6 Å². The van der Waals surface area contributed by atoms with Crippen molar-refractivity contribution >= 4 is 11.8 Å². The van der Waals surface area contributed by atoms with Crippen LogP contribution in [0, 0.1) is 5.82 Å². The van der Waals surface area contributed by atoms with E-state index in [4.69, 9.17) is 0 Å². The Bertz CT molecular complexity index is 517. The highest BCUT2D eigenvalue weighted by Crippen LogP contribution is 2.18. The van der Waals surface area contributed by atoms with E-state index in [1.165, 1.54) is 0 Å². The standard InChI is InChI=1S/C12H14FN5/c1-8(10-5-3-4-6-15-10)17-11-9(13)7-16-12(14-2)18-11/h3-8H,1-2H3,(H2,14,16,17,18). The van der Waals surface area contributed by atoms with Gasteiger partial charge in [0.1, 0.15) is 0 Å². The number of rotatable bonds is 4. The predicted molar refractivity (Wildman–Crippen MR) is 67.8 cm³/mol. The van der Waals surface area contributed by atoms with Crippen molar-refractivity contribution in [3.63, 3.8) is 0 Å². The second-order valence-corrected chi connectivity index (χ2v) is 3.76. The van der Waals surface area contributed by atoms with E-state index in [2.05, 4.69) is 25.6 Å². The minimum atomic E-state index is -0.489. The van der Waals surface area contributed by atoms with Crippen LogP contribution in [0.1, 0.15) is 18.7 Å². The lowest BCUT2D eigenvalue weighted by Gasteiger charge is -2.14. The molecule has 0 bridgehead atoms. The zero-order chi connectivity index (χ0) is 13.0. The number of aromatic nitrogens is 3. The molecule has 0 radical (unpaired) electrons. The normalized spacial score (nSPS) is 11.9. The first-order valence-corrected chi connectivity index (χ1v) is 5.58. The van der Waals surface area contributed by atoms with Crippen LogP contribution in [0.4, 0.5) is 16.2 Å². The van der Waals surface area contributed by atoms with Gasteiger partial charge in [-0.05, 0) is 19.1 Å². The molecule has 2 aromatic rings. The summed E-state index contributed by atoms with van der Waals surface area (Å²) >= 11 is 0. The molecule has 0 spiro atoms. The van der Waals surface area contributed by atoms with Crippen molar-refractivity contribution in [3.8, 4) is 0 Å². The van der Waals surface area contributed by atoms with Crippen LogP contribution in [0.3, 0.4) is 0 Å². The van der Waals surface area contributed by atoms with Crippen LogP contribution in [-0.2, 0) is 0 Å². The first-order chi connectivity index (χ1) is 8.70. The van der Waals surface area contributed by atoms with Gasteiger partial charge in [-0.1, -0.05) is 6.07 Å². The highest BCUT2D eigenvalue weighted by Gasteiger charge is 2.11. The van der Waals surface area contributed by atoms with Crippen molar-refractivity contribution in [2.45, 2.75) is 13.0 Å². The quantitative estimate of drug-likeness (QED) is 0.867. The van der Waals surface area contributed by atoms with Crippen molar-refractivity contribution in [3.05, 3.63) is 42.1 Å². The van der Waals surface area contributed by atoms with Gasteiger partial charge in [-0.3, -0.25) is 4.98 Å². The second kappa shape index (κ2) is 5.39. The third kappa shape index (κ3) is 2.71. The Hall–Kier alpha value is -2.24. The maximum absolute atomic E-state index is 13.5. The zero-order valence-corrected chi connectivity index (χ0v) is 10.2. The van der Waals surface area contributed by atoms with Gasteiger partial charge in [0.05, 0.1) is 17.9 Å². The van der Waals surface area contributed by atoms with Crippen LogP contribution in [-0.4, -0.2) is 22.0 Å². The molecule has 0 aliphatic heterocycles. The van der Waals surface area contributed by atoms with Gasteiger partial charge in [-0.15, -0.1) is 0 Å². The van der Waals surface area contributed by atoms with Crippen LogP contribution >= 0.6 is 0 Å². The molecule has 1 unspecified atom stereocenters. The van der Waals surface area contributed by atoms with Gasteiger partial charge < -0.3 is 10.6 Å². The Labute approximate surface area is 105 Å². The molecule has 0 aliphatic carbocycles. The molecule has 1 atom stereocenters. The molecular formula is C12H14FN5. The lowest BCUT2D eigenvalue weighted by Crippen LogP contribution is -2.12. The summed E-state index contributed by atoms with van der Waals surface area (Å²) in [5.74, 6) is 0.0383. The summed E-state index contributed by atoms with van der Waals surface area (Å²) in [7, 11) is 1.68. The Morgan fingerprint density at radius 3 is 2.78 bits per heavy atom. The molecule has 5 nitrogen and oxygen atoms in total. The second-order valence-electron chi connectivity index (χ2n) is 3.76. The van der Waals surface area contributed by atoms with E-state index >= 15 is 0 Å². The van der Waals surface area contributed by atoms with Gasteiger partial charge in [-0.25, -0.2) is 9.37 Å². The summed E-state index contributed by atoms with van der Waals surface area (Å²) in [5, 5.41) is 5.74. The third-order valence-electron chi connectivity index (χ3n) is 2.45. The zero-order valence-electron chi connectivity index (χ0n) is 10.2. The highest BCUT2D eigenvalue weighted by atomic mass is 19.1. The third-order valence-corrected chi connectivity index (χ3v) is 2.45. The van der Waals surface area contributed by atoms with Gasteiger partial charge >= 0.3 is 0 Å². The van der Waals surface area contributed by atoms with E-state index in [9.17, 15) is 4.39 Å². The number of hydrogen-bond donors (Lipinski definition) is 2. The smallest absolute Gasteiger partial charge is 0.224 e. The van der Waals surface area contributed by atoms with Crippen LogP contribution in [0.2, 0.25) is 0 Å². The lowest BCUT2D eigenvalue weighted by molar-refractivity contribution is 0.613. The molecule has 2 aromatic heterocycles. The van der Waals surface area contributed by atoms with E-state index in [-0.39, 0.29) is 11.9 Å². The van der Waals surface area contributed by atoms with Gasteiger partial charge in [-0.2, -0.15) is 4.98 Å². The van der Waals surface area contributed by atoms with Crippen molar-refractivity contribution in [2.75, 3.05) is 17.7 Å². The largest absolute Gasteiger partial charge is 0.359 e. The summed E-state index contributed by atoms with van der Waals surface area (Å²) in [6.07, 6.45) is 2.83. The SMILES string of the molecule is CNc1ncc(F)c(NC(C)c2ccccn2)n1. The molecule has 0 saturated heterocycles. The molecule has 18 heavy (non-hydrogen) atoms. The minimum Gasteiger partial charge on any atom is -0.359 e. The summed E-state index contributed by atoms with van der Waals surface area (Å²) in [5.41, 5.74) is 0.821. The number of anilines is 2. The fourth-order valence-electron chi connectivity index (χ4n) is 1.50. The Balaban J connectivity index is 2.18. The number of nitrogens with zero attached hydrogens (tertiary/aromatic N) is 3. The number of nitrogens with one attached hydrogen (secondary N) is 2. The Morgan fingerprint density at radius 1 is 1.28 bits per heavy atom. The summed E-state index contributed by atoms with van der Waals surface area (Å²) in [6.45, 7) is 1.89. The van der Waals surface area contributed by atoms with Crippen LogP contribution in [0.15, 0.2) is 30.6 Å². The highest BCUT2D eigenvalue weighted by molar-refractivity contribution is 5.42. The number of pyridine rings is 1. The van der Waals surface area contributed by atoms with Gasteiger partial charge in [0.2, 0.25) is 5.95 Å². The predicted octanol–water partition coefficient (Wildman–Crippen LogP) is 2.23. The lowest BCUT2D eigenvalue weighted by atomic mass is 10.2. The Kier molecular flexibility index (Phi) is 3.66. The summed E-state index contributed by atoms with van der Waals surface area (Å²) in [4.78, 5) is 12.0. The average Bonchev–Trinajstić information content (AvgIpc) is 2.42. The van der Waals surface area contributed by atoms with E-state index < -0.39 is 5.82 Å². The molecule has 0 aliphatic rings. The summed E-state index contributed by atoms with van der Waals surface area (Å²) in [6, 6.07) is 5.45. The van der Waals surface area contributed by atoms with Crippen LogP contribution in [0.5, 0.6) is 0 Å². The molecular weight excluding hydrogens is 233 g/mol. The maximum atomic E-state index is 13.5. The van der Waals surface area contributed by atoms with Crippen molar-refractivity contribution in [1.82, 2.24) is 15.0 Å². The van der Waals surface area contributed by atoms with E-state index in [0.29, 0.717) is 5.95 Å². The summed E-state index contributed by atoms with van der Waals surface area (Å²) < 4.78 is 13.5. The maximum Gasteiger partial charge on any atom is 0.224 e. The van der Waals surface area contributed by atoms with E-state index in [1.54, 1.807) is 13.2 Å². The molecule has 0 aromatic carbocycles. The molecule has 6 heteroatoms. The fourth-order valence-corrected chi connectivity index (χ4v) is 1.50. The number of hydrogen-bond acceptors (Lipinski definition) is 5. The van der Waals surface area contributed by atoms with Gasteiger partial charge in [0.15, 0.2) is 11.6 Å². The topological polar surface area (TPSA) is 62.7 Å². The van der Waals surface area contributed by atoms with E-state index in [1.807, 2.05) is 25.1 Å². The molecule has 94 valence electrons. The molecule has 2 heterocycles. The van der Waals surface area contributed by atoms with Crippen molar-refractivity contribution < 1.29 is 4.39 Å². The average molecular weight is 247 g/mol.